The van der Waals surface area contributed by atoms with Crippen molar-refractivity contribution < 1.29 is 18.0 Å². The van der Waals surface area contributed by atoms with Gasteiger partial charge in [0.25, 0.3) is 5.91 Å². The molecule has 0 saturated carbocycles. The van der Waals surface area contributed by atoms with Gasteiger partial charge in [0.15, 0.2) is 0 Å². The summed E-state index contributed by atoms with van der Waals surface area (Å²) in [4.78, 5) is 27.1. The Hall–Kier alpha value is -2.84. The van der Waals surface area contributed by atoms with Crippen LogP contribution >= 0.6 is 0 Å². The lowest BCUT2D eigenvalue weighted by Gasteiger charge is -2.35. The van der Waals surface area contributed by atoms with Crippen LogP contribution in [0.25, 0.3) is 0 Å². The fourth-order valence-electron chi connectivity index (χ4n) is 3.05. The summed E-state index contributed by atoms with van der Waals surface area (Å²) < 4.78 is 38.0. The molecule has 1 amide bonds. The molecular formula is C19H22F3N5O. The third-order valence-electron chi connectivity index (χ3n) is 4.62. The van der Waals surface area contributed by atoms with Crippen LogP contribution in [0.15, 0.2) is 30.3 Å². The summed E-state index contributed by atoms with van der Waals surface area (Å²) in [5, 5.41) is 0. The van der Waals surface area contributed by atoms with Crippen LogP contribution in [0.4, 0.5) is 24.8 Å². The zero-order chi connectivity index (χ0) is 20.5. The molecule has 1 aromatic heterocycles. The van der Waals surface area contributed by atoms with Crippen LogP contribution in [-0.4, -0.2) is 61.0 Å². The van der Waals surface area contributed by atoms with Crippen LogP contribution in [0.3, 0.4) is 0 Å². The zero-order valence-electron chi connectivity index (χ0n) is 16.0. The molecule has 0 bridgehead atoms. The van der Waals surface area contributed by atoms with Gasteiger partial charge >= 0.3 is 6.18 Å². The van der Waals surface area contributed by atoms with Gasteiger partial charge in [-0.3, -0.25) is 4.79 Å². The van der Waals surface area contributed by atoms with E-state index >= 15 is 0 Å². The topological polar surface area (TPSA) is 52.6 Å². The minimum atomic E-state index is -4.41. The zero-order valence-corrected chi connectivity index (χ0v) is 16.0. The molecule has 9 heteroatoms. The van der Waals surface area contributed by atoms with Crippen LogP contribution < -0.4 is 9.80 Å². The highest BCUT2D eigenvalue weighted by atomic mass is 19.4. The maximum atomic E-state index is 12.7. The van der Waals surface area contributed by atoms with E-state index in [1.165, 1.54) is 12.1 Å². The molecule has 150 valence electrons. The number of carbonyl (C=O) groups excluding carboxylic acids is 1. The number of piperazine rings is 1. The van der Waals surface area contributed by atoms with E-state index in [9.17, 15) is 18.0 Å². The monoisotopic (exact) mass is 393 g/mol. The van der Waals surface area contributed by atoms with E-state index in [0.29, 0.717) is 32.0 Å². The van der Waals surface area contributed by atoms with Gasteiger partial charge in [0.2, 0.25) is 0 Å². The molecule has 0 atom stereocenters. The normalized spacial score (nSPS) is 14.9. The van der Waals surface area contributed by atoms with Gasteiger partial charge in [-0.15, -0.1) is 0 Å². The van der Waals surface area contributed by atoms with Crippen molar-refractivity contribution in [3.63, 3.8) is 0 Å². The summed E-state index contributed by atoms with van der Waals surface area (Å²) in [7, 11) is 3.82. The predicted octanol–water partition coefficient (Wildman–Crippen LogP) is 2.83. The minimum Gasteiger partial charge on any atom is -0.363 e. The van der Waals surface area contributed by atoms with Gasteiger partial charge < -0.3 is 14.7 Å². The van der Waals surface area contributed by atoms with Gasteiger partial charge in [-0.05, 0) is 31.2 Å². The van der Waals surface area contributed by atoms with E-state index in [1.807, 2.05) is 32.0 Å². The van der Waals surface area contributed by atoms with Gasteiger partial charge in [-0.1, -0.05) is 0 Å². The molecule has 1 aromatic carbocycles. The van der Waals surface area contributed by atoms with Crippen molar-refractivity contribution in [2.24, 2.45) is 0 Å². The number of halogens is 3. The maximum absolute atomic E-state index is 12.7. The molecule has 3 rings (SSSR count). The summed E-state index contributed by atoms with van der Waals surface area (Å²) in [5.41, 5.74) is -0.501. The number of anilines is 2. The molecular weight excluding hydrogens is 371 g/mol. The molecule has 0 spiro atoms. The van der Waals surface area contributed by atoms with Crippen molar-refractivity contribution in [2.75, 3.05) is 50.1 Å². The lowest BCUT2D eigenvalue weighted by molar-refractivity contribution is -0.137. The number of nitrogens with zero attached hydrogens (tertiary/aromatic N) is 5. The molecule has 6 nitrogen and oxygen atoms in total. The van der Waals surface area contributed by atoms with E-state index < -0.39 is 11.7 Å². The lowest BCUT2D eigenvalue weighted by atomic mass is 10.1. The molecule has 0 aliphatic carbocycles. The first kappa shape index (κ1) is 19.9. The van der Waals surface area contributed by atoms with Crippen molar-refractivity contribution in [2.45, 2.75) is 13.1 Å². The maximum Gasteiger partial charge on any atom is 0.416 e. The number of amides is 1. The number of hydrogen-bond donors (Lipinski definition) is 0. The van der Waals surface area contributed by atoms with Gasteiger partial charge in [-0.2, -0.15) is 13.2 Å². The second kappa shape index (κ2) is 7.65. The Labute approximate surface area is 161 Å². The SMILES string of the molecule is Cc1nc(N(C)C)cc(N2CCN(C(=O)c3ccc(C(F)(F)F)cc3)CC2)n1. The molecule has 2 aromatic rings. The summed E-state index contributed by atoms with van der Waals surface area (Å²) in [6, 6.07) is 6.25. The highest BCUT2D eigenvalue weighted by molar-refractivity contribution is 5.94. The molecule has 1 aliphatic heterocycles. The average molecular weight is 393 g/mol. The summed E-state index contributed by atoms with van der Waals surface area (Å²) in [6.45, 7) is 3.96. The Balaban J connectivity index is 1.66. The molecule has 1 saturated heterocycles. The van der Waals surface area contributed by atoms with Crippen LogP contribution in [0.5, 0.6) is 0 Å². The van der Waals surface area contributed by atoms with Crippen LogP contribution in [0.1, 0.15) is 21.7 Å². The molecule has 1 fully saturated rings. The summed E-state index contributed by atoms with van der Waals surface area (Å²) in [6.07, 6.45) is -4.41. The second-order valence-corrected chi connectivity index (χ2v) is 6.88. The van der Waals surface area contributed by atoms with Crippen molar-refractivity contribution >= 4 is 17.5 Å². The number of carbonyl (C=O) groups is 1. The molecule has 28 heavy (non-hydrogen) atoms. The molecule has 0 radical (unpaired) electrons. The van der Waals surface area contributed by atoms with E-state index in [4.69, 9.17) is 0 Å². The average Bonchev–Trinajstić information content (AvgIpc) is 2.66. The Morgan fingerprint density at radius 3 is 2.18 bits per heavy atom. The Morgan fingerprint density at radius 2 is 1.64 bits per heavy atom. The van der Waals surface area contributed by atoms with Crippen LogP contribution in [0.2, 0.25) is 0 Å². The number of hydrogen-bond acceptors (Lipinski definition) is 5. The highest BCUT2D eigenvalue weighted by Crippen LogP contribution is 2.29. The van der Waals surface area contributed by atoms with Crippen molar-refractivity contribution in [1.29, 1.82) is 0 Å². The highest BCUT2D eigenvalue weighted by Gasteiger charge is 2.31. The summed E-state index contributed by atoms with van der Waals surface area (Å²) in [5.74, 6) is 2.02. The fourth-order valence-corrected chi connectivity index (χ4v) is 3.05. The number of alkyl halides is 3. The molecule has 1 aliphatic rings. The van der Waals surface area contributed by atoms with E-state index in [1.54, 1.807) is 4.90 Å². The Bertz CT molecular complexity index is 844. The molecule has 0 N–H and O–H groups in total. The smallest absolute Gasteiger partial charge is 0.363 e. The minimum absolute atomic E-state index is 0.259. The van der Waals surface area contributed by atoms with Gasteiger partial charge in [0, 0.05) is 51.9 Å². The van der Waals surface area contributed by atoms with Gasteiger partial charge in [-0.25, -0.2) is 9.97 Å². The first-order valence-electron chi connectivity index (χ1n) is 8.89. The Morgan fingerprint density at radius 1 is 1.04 bits per heavy atom. The Kier molecular flexibility index (Phi) is 5.44. The van der Waals surface area contributed by atoms with Crippen LogP contribution in [0, 0.1) is 6.92 Å². The molecule has 2 heterocycles. The van der Waals surface area contributed by atoms with Crippen molar-refractivity contribution in [3.05, 3.63) is 47.3 Å². The quantitative estimate of drug-likeness (QED) is 0.803. The van der Waals surface area contributed by atoms with E-state index in [0.717, 1.165) is 23.8 Å². The van der Waals surface area contributed by atoms with Crippen molar-refractivity contribution in [3.8, 4) is 0 Å². The number of aryl methyl sites for hydroxylation is 1. The van der Waals surface area contributed by atoms with Crippen LogP contribution in [-0.2, 0) is 6.18 Å². The first-order chi connectivity index (χ1) is 13.1. The summed E-state index contributed by atoms with van der Waals surface area (Å²) >= 11 is 0. The predicted molar refractivity (Wildman–Crippen MR) is 101 cm³/mol. The largest absolute Gasteiger partial charge is 0.416 e. The third-order valence-corrected chi connectivity index (χ3v) is 4.62. The van der Waals surface area contributed by atoms with E-state index in [2.05, 4.69) is 14.9 Å². The van der Waals surface area contributed by atoms with Gasteiger partial charge in [0.1, 0.15) is 17.5 Å². The second-order valence-electron chi connectivity index (χ2n) is 6.88. The lowest BCUT2D eigenvalue weighted by Crippen LogP contribution is -2.49. The number of aromatic nitrogens is 2. The fraction of sp³-hybridized carbons (Fsp3) is 0.421. The number of benzene rings is 1. The first-order valence-corrected chi connectivity index (χ1v) is 8.89. The third kappa shape index (κ3) is 4.35. The van der Waals surface area contributed by atoms with E-state index in [-0.39, 0.29) is 11.5 Å². The molecule has 0 unspecified atom stereocenters. The van der Waals surface area contributed by atoms with Gasteiger partial charge in [0.05, 0.1) is 5.56 Å². The standard InChI is InChI=1S/C19H22F3N5O/c1-13-23-16(25(2)3)12-17(24-13)26-8-10-27(11-9-26)18(28)14-4-6-15(7-5-14)19(20,21)22/h4-7,12H,8-11H2,1-3H3. The number of rotatable bonds is 3. The van der Waals surface area contributed by atoms with Crippen molar-refractivity contribution in [1.82, 2.24) is 14.9 Å².